The van der Waals surface area contributed by atoms with Crippen molar-refractivity contribution in [3.05, 3.63) is 40.2 Å². The highest BCUT2D eigenvalue weighted by Gasteiger charge is 2.12. The van der Waals surface area contributed by atoms with Crippen LogP contribution in [0.2, 0.25) is 0 Å². The predicted molar refractivity (Wildman–Crippen MR) is 100 cm³/mol. The summed E-state index contributed by atoms with van der Waals surface area (Å²) in [7, 11) is 0. The Bertz CT molecular complexity index is 763. The van der Waals surface area contributed by atoms with Gasteiger partial charge in [-0.25, -0.2) is 15.0 Å². The Balaban J connectivity index is 1.53. The van der Waals surface area contributed by atoms with Crippen molar-refractivity contribution in [2.75, 3.05) is 11.9 Å². The summed E-state index contributed by atoms with van der Waals surface area (Å²) in [4.78, 5) is 25.2. The fourth-order valence-corrected chi connectivity index (χ4v) is 3.56. The first-order valence-electron chi connectivity index (χ1n) is 8.61. The van der Waals surface area contributed by atoms with E-state index in [9.17, 15) is 4.79 Å². The monoisotopic (exact) mass is 357 g/mol. The summed E-state index contributed by atoms with van der Waals surface area (Å²) in [5, 5.41) is 8.38. The number of amides is 1. The van der Waals surface area contributed by atoms with Gasteiger partial charge in [-0.1, -0.05) is 11.6 Å². The molecule has 7 heteroatoms. The molecular formula is C18H23N5OS. The number of hydrogen-bond donors (Lipinski definition) is 2. The topological polar surface area (TPSA) is 79.8 Å². The van der Waals surface area contributed by atoms with Gasteiger partial charge in [0.15, 0.2) is 5.13 Å². The fourth-order valence-electron chi connectivity index (χ4n) is 2.87. The average Bonchev–Trinajstić information content (AvgIpc) is 3.03. The van der Waals surface area contributed by atoms with E-state index in [4.69, 9.17) is 0 Å². The molecule has 0 fully saturated rings. The lowest BCUT2D eigenvalue weighted by atomic mass is 9.97. The van der Waals surface area contributed by atoms with Crippen LogP contribution in [0, 0.1) is 13.8 Å². The second-order valence-electron chi connectivity index (χ2n) is 6.25. The molecule has 2 aromatic rings. The third kappa shape index (κ3) is 5.09. The Labute approximate surface area is 151 Å². The van der Waals surface area contributed by atoms with Crippen LogP contribution < -0.4 is 10.6 Å². The molecule has 0 saturated carbocycles. The summed E-state index contributed by atoms with van der Waals surface area (Å²) in [5.74, 6) is 0.366. The van der Waals surface area contributed by atoms with Crippen molar-refractivity contribution in [3.8, 4) is 0 Å². The maximum absolute atomic E-state index is 12.2. The van der Waals surface area contributed by atoms with Crippen LogP contribution in [0.4, 0.5) is 11.1 Å². The minimum absolute atomic E-state index is 0.137. The van der Waals surface area contributed by atoms with Crippen molar-refractivity contribution >= 4 is 28.3 Å². The second-order valence-corrected chi connectivity index (χ2v) is 7.11. The molecule has 2 aromatic heterocycles. The Morgan fingerprint density at radius 2 is 2.00 bits per heavy atom. The van der Waals surface area contributed by atoms with E-state index in [1.54, 1.807) is 5.38 Å². The van der Waals surface area contributed by atoms with Crippen LogP contribution in [-0.2, 0) is 0 Å². The van der Waals surface area contributed by atoms with Gasteiger partial charge in [-0.15, -0.1) is 11.3 Å². The number of carbonyl (C=O) groups excluding carboxylic acids is 1. The number of nitrogens with zero attached hydrogens (tertiary/aromatic N) is 3. The standard InChI is InChI=1S/C18H23N5OS/c1-12-10-13(2)21-17(20-12)23-18-22-15(11-25-18)16(24)19-9-8-14-6-4-3-5-7-14/h6,10-11H,3-5,7-9H2,1-2H3,(H,19,24)(H,20,21,22,23). The molecule has 0 bridgehead atoms. The molecule has 0 saturated heterocycles. The quantitative estimate of drug-likeness (QED) is 0.766. The summed E-state index contributed by atoms with van der Waals surface area (Å²) in [5.41, 5.74) is 3.66. The first-order valence-corrected chi connectivity index (χ1v) is 9.49. The molecule has 0 unspecified atom stereocenters. The van der Waals surface area contributed by atoms with Crippen molar-refractivity contribution in [2.45, 2.75) is 46.0 Å². The van der Waals surface area contributed by atoms with Crippen LogP contribution in [0.25, 0.3) is 0 Å². The van der Waals surface area contributed by atoms with Crippen molar-refractivity contribution in [1.82, 2.24) is 20.3 Å². The molecule has 0 aromatic carbocycles. The van der Waals surface area contributed by atoms with Crippen LogP contribution >= 0.6 is 11.3 Å². The number of carbonyl (C=O) groups is 1. The molecule has 0 aliphatic heterocycles. The molecule has 25 heavy (non-hydrogen) atoms. The van der Waals surface area contributed by atoms with Crippen molar-refractivity contribution < 1.29 is 4.79 Å². The lowest BCUT2D eigenvalue weighted by molar-refractivity contribution is 0.0950. The van der Waals surface area contributed by atoms with E-state index in [1.165, 1.54) is 36.2 Å². The highest BCUT2D eigenvalue weighted by atomic mass is 32.1. The van der Waals surface area contributed by atoms with E-state index < -0.39 is 0 Å². The number of thiazole rings is 1. The van der Waals surface area contributed by atoms with Gasteiger partial charge in [-0.3, -0.25) is 4.79 Å². The normalized spacial score (nSPS) is 14.1. The van der Waals surface area contributed by atoms with Gasteiger partial charge >= 0.3 is 0 Å². The number of nitrogens with one attached hydrogen (secondary N) is 2. The first-order chi connectivity index (χ1) is 12.1. The Morgan fingerprint density at radius 3 is 2.72 bits per heavy atom. The van der Waals surface area contributed by atoms with Gasteiger partial charge in [0.25, 0.3) is 5.91 Å². The van der Waals surface area contributed by atoms with E-state index in [2.05, 4.69) is 31.7 Å². The van der Waals surface area contributed by atoms with E-state index >= 15 is 0 Å². The van der Waals surface area contributed by atoms with Gasteiger partial charge in [0.2, 0.25) is 5.95 Å². The van der Waals surface area contributed by atoms with Gasteiger partial charge in [-0.05, 0) is 52.0 Å². The van der Waals surface area contributed by atoms with E-state index in [0.29, 0.717) is 23.3 Å². The molecular weight excluding hydrogens is 334 g/mol. The summed E-state index contributed by atoms with van der Waals surface area (Å²) < 4.78 is 0. The zero-order valence-electron chi connectivity index (χ0n) is 14.6. The van der Waals surface area contributed by atoms with Crippen LogP contribution in [0.3, 0.4) is 0 Å². The largest absolute Gasteiger partial charge is 0.350 e. The Kier molecular flexibility index (Phi) is 5.75. The van der Waals surface area contributed by atoms with Crippen LogP contribution in [-0.4, -0.2) is 27.4 Å². The Hall–Kier alpha value is -2.28. The highest BCUT2D eigenvalue weighted by Crippen LogP contribution is 2.20. The van der Waals surface area contributed by atoms with Crippen LogP contribution in [0.5, 0.6) is 0 Å². The predicted octanol–water partition coefficient (Wildman–Crippen LogP) is 3.91. The zero-order valence-corrected chi connectivity index (χ0v) is 15.4. The van der Waals surface area contributed by atoms with Gasteiger partial charge < -0.3 is 10.6 Å². The van der Waals surface area contributed by atoms with Gasteiger partial charge in [-0.2, -0.15) is 0 Å². The fraction of sp³-hybridized carbons (Fsp3) is 0.444. The molecule has 0 spiro atoms. The molecule has 1 amide bonds. The maximum atomic E-state index is 12.2. The van der Waals surface area contributed by atoms with Crippen LogP contribution in [0.1, 0.15) is 54.0 Å². The molecule has 6 nitrogen and oxygen atoms in total. The number of aromatic nitrogens is 3. The van der Waals surface area contributed by atoms with Crippen LogP contribution in [0.15, 0.2) is 23.1 Å². The number of allylic oxidation sites excluding steroid dienone is 1. The smallest absolute Gasteiger partial charge is 0.270 e. The van der Waals surface area contributed by atoms with Gasteiger partial charge in [0, 0.05) is 23.3 Å². The first kappa shape index (κ1) is 17.5. The average molecular weight is 357 g/mol. The summed E-state index contributed by atoms with van der Waals surface area (Å²) in [6.45, 7) is 4.50. The van der Waals surface area contributed by atoms with Crippen molar-refractivity contribution in [3.63, 3.8) is 0 Å². The number of rotatable bonds is 6. The lowest BCUT2D eigenvalue weighted by Crippen LogP contribution is -2.25. The Morgan fingerprint density at radius 1 is 1.20 bits per heavy atom. The molecule has 0 radical (unpaired) electrons. The van der Waals surface area contributed by atoms with Gasteiger partial charge in [0.05, 0.1) is 0 Å². The number of hydrogen-bond acceptors (Lipinski definition) is 6. The molecule has 1 aliphatic rings. The summed E-state index contributed by atoms with van der Waals surface area (Å²) in [6, 6.07) is 1.91. The molecule has 2 heterocycles. The summed E-state index contributed by atoms with van der Waals surface area (Å²) in [6.07, 6.45) is 8.12. The lowest BCUT2D eigenvalue weighted by Gasteiger charge is -2.12. The van der Waals surface area contributed by atoms with Crippen molar-refractivity contribution in [2.24, 2.45) is 0 Å². The maximum Gasteiger partial charge on any atom is 0.270 e. The third-order valence-electron chi connectivity index (χ3n) is 4.05. The van der Waals surface area contributed by atoms with Gasteiger partial charge in [0.1, 0.15) is 5.69 Å². The van der Waals surface area contributed by atoms with Crippen molar-refractivity contribution in [1.29, 1.82) is 0 Å². The summed E-state index contributed by atoms with van der Waals surface area (Å²) >= 11 is 1.37. The zero-order chi connectivity index (χ0) is 17.6. The third-order valence-corrected chi connectivity index (χ3v) is 4.81. The molecule has 132 valence electrons. The minimum Gasteiger partial charge on any atom is -0.350 e. The van der Waals surface area contributed by atoms with E-state index in [0.717, 1.165) is 24.2 Å². The second kappa shape index (κ2) is 8.20. The highest BCUT2D eigenvalue weighted by molar-refractivity contribution is 7.14. The molecule has 3 rings (SSSR count). The van der Waals surface area contributed by atoms with E-state index in [-0.39, 0.29) is 5.91 Å². The number of anilines is 2. The molecule has 0 atom stereocenters. The van der Waals surface area contributed by atoms with E-state index in [1.807, 2.05) is 19.9 Å². The number of aryl methyl sites for hydroxylation is 2. The molecule has 2 N–H and O–H groups in total. The molecule has 1 aliphatic carbocycles. The SMILES string of the molecule is Cc1cc(C)nc(Nc2nc(C(=O)NCCC3=CCCCC3)cs2)n1. The minimum atomic E-state index is -0.137.